The molecule has 1 N–H and O–H groups in total. The van der Waals surface area contributed by atoms with Gasteiger partial charge in [0.25, 0.3) is 0 Å². The van der Waals surface area contributed by atoms with Gasteiger partial charge in [-0.15, -0.1) is 11.3 Å². The molecule has 0 fully saturated rings. The van der Waals surface area contributed by atoms with Crippen molar-refractivity contribution in [3.8, 4) is 0 Å². The highest BCUT2D eigenvalue weighted by Crippen LogP contribution is 2.22. The Balaban J connectivity index is 1.83. The Morgan fingerprint density at radius 2 is 2.06 bits per heavy atom. The highest BCUT2D eigenvalue weighted by molar-refractivity contribution is 7.16. The molecule has 0 spiro atoms. The predicted octanol–water partition coefficient (Wildman–Crippen LogP) is 4.95. The number of benzene rings is 1. The lowest BCUT2D eigenvalue weighted by Crippen LogP contribution is -2.21. The van der Waals surface area contributed by atoms with Crippen molar-refractivity contribution in [3.05, 3.63) is 56.2 Å². The molecule has 0 aliphatic heterocycles. The van der Waals surface area contributed by atoms with E-state index in [1.165, 1.54) is 10.4 Å². The van der Waals surface area contributed by atoms with Gasteiger partial charge >= 0.3 is 0 Å². The summed E-state index contributed by atoms with van der Waals surface area (Å²) in [7, 11) is 0. The second kappa shape index (κ2) is 6.58. The third-order valence-corrected chi connectivity index (χ3v) is 4.33. The van der Waals surface area contributed by atoms with Crippen LogP contribution in [0.3, 0.4) is 0 Å². The fourth-order valence-corrected chi connectivity index (χ4v) is 3.08. The van der Waals surface area contributed by atoms with Crippen molar-refractivity contribution < 1.29 is 0 Å². The van der Waals surface area contributed by atoms with Gasteiger partial charge in [-0.25, -0.2) is 0 Å². The Labute approximate surface area is 122 Å². The van der Waals surface area contributed by atoms with E-state index in [1.54, 1.807) is 11.3 Å². The topological polar surface area (TPSA) is 12.0 Å². The van der Waals surface area contributed by atoms with E-state index in [0.29, 0.717) is 6.04 Å². The second-order valence-electron chi connectivity index (χ2n) is 4.19. The second-order valence-corrected chi connectivity index (χ2v) is 6.42. The van der Waals surface area contributed by atoms with E-state index >= 15 is 0 Å². The number of nitrogens with one attached hydrogen (secondary N) is 1. The van der Waals surface area contributed by atoms with Gasteiger partial charge in [-0.05, 0) is 43.2 Å². The van der Waals surface area contributed by atoms with E-state index in [2.05, 4.69) is 24.4 Å². The Kier molecular flexibility index (Phi) is 5.07. The molecule has 2 rings (SSSR count). The third kappa shape index (κ3) is 3.99. The van der Waals surface area contributed by atoms with Gasteiger partial charge in [0.2, 0.25) is 0 Å². The summed E-state index contributed by atoms with van der Waals surface area (Å²) in [5.41, 5.74) is 1.21. The molecule has 1 nitrogen and oxygen atoms in total. The van der Waals surface area contributed by atoms with Crippen molar-refractivity contribution in [2.45, 2.75) is 19.4 Å². The molecule has 1 aromatic carbocycles. The highest BCUT2D eigenvalue weighted by atomic mass is 35.5. The normalized spacial score (nSPS) is 12.6. The van der Waals surface area contributed by atoms with Gasteiger partial charge in [-0.2, -0.15) is 0 Å². The van der Waals surface area contributed by atoms with E-state index in [0.717, 1.165) is 22.3 Å². The number of hydrogen-bond acceptors (Lipinski definition) is 2. The molecular formula is C14H15Cl2NS. The third-order valence-electron chi connectivity index (χ3n) is 2.80. The van der Waals surface area contributed by atoms with Crippen molar-refractivity contribution in [1.29, 1.82) is 0 Å². The number of thiophene rings is 1. The van der Waals surface area contributed by atoms with Crippen LogP contribution in [-0.2, 0) is 6.42 Å². The summed E-state index contributed by atoms with van der Waals surface area (Å²) in [6.45, 7) is 3.08. The smallest absolute Gasteiger partial charge is 0.0931 e. The Morgan fingerprint density at radius 1 is 1.22 bits per heavy atom. The lowest BCUT2D eigenvalue weighted by molar-refractivity contribution is 0.578. The van der Waals surface area contributed by atoms with Crippen LogP contribution in [0.1, 0.15) is 23.4 Å². The molecule has 0 amide bonds. The van der Waals surface area contributed by atoms with Gasteiger partial charge in [0, 0.05) is 22.5 Å². The molecule has 0 saturated heterocycles. The summed E-state index contributed by atoms with van der Waals surface area (Å²) in [6.07, 6.45) is 1.00. The summed E-state index contributed by atoms with van der Waals surface area (Å²) in [6, 6.07) is 12.3. The van der Waals surface area contributed by atoms with Crippen LogP contribution in [0.5, 0.6) is 0 Å². The zero-order chi connectivity index (χ0) is 13.0. The summed E-state index contributed by atoms with van der Waals surface area (Å²) < 4.78 is 0.855. The Hall–Kier alpha value is -0.540. The lowest BCUT2D eigenvalue weighted by Gasteiger charge is -2.14. The molecule has 0 saturated carbocycles. The van der Waals surface area contributed by atoms with E-state index in [9.17, 15) is 0 Å². The molecule has 0 radical (unpaired) electrons. The largest absolute Gasteiger partial charge is 0.310 e. The van der Waals surface area contributed by atoms with Crippen molar-refractivity contribution >= 4 is 34.5 Å². The van der Waals surface area contributed by atoms with E-state index < -0.39 is 0 Å². The molecule has 1 atom stereocenters. The number of rotatable bonds is 5. The zero-order valence-electron chi connectivity index (χ0n) is 10.1. The summed E-state index contributed by atoms with van der Waals surface area (Å²) in [5.74, 6) is 0. The number of halogens is 2. The van der Waals surface area contributed by atoms with Gasteiger partial charge in [-0.3, -0.25) is 0 Å². The van der Waals surface area contributed by atoms with Crippen molar-refractivity contribution in [1.82, 2.24) is 5.32 Å². The fraction of sp³-hybridized carbons (Fsp3) is 0.286. The average molecular weight is 300 g/mol. The predicted molar refractivity (Wildman–Crippen MR) is 80.9 cm³/mol. The van der Waals surface area contributed by atoms with Crippen LogP contribution in [0.25, 0.3) is 0 Å². The first kappa shape index (κ1) is 13.9. The average Bonchev–Trinajstić information content (AvgIpc) is 2.75. The Bertz CT molecular complexity index is 510. The molecular weight excluding hydrogens is 285 g/mol. The fourth-order valence-electron chi connectivity index (χ4n) is 1.79. The summed E-state index contributed by atoms with van der Waals surface area (Å²) >= 11 is 13.5. The maximum atomic E-state index is 5.98. The van der Waals surface area contributed by atoms with Gasteiger partial charge in [0.15, 0.2) is 0 Å². The standard InChI is InChI=1S/C14H15Cl2NS/c1-10(11-3-2-4-12(15)9-11)17-8-7-13-5-6-14(16)18-13/h2-6,9-10,17H,7-8H2,1H3. The molecule has 1 heterocycles. The molecule has 1 unspecified atom stereocenters. The van der Waals surface area contributed by atoms with Crippen molar-refractivity contribution in [2.24, 2.45) is 0 Å². The Morgan fingerprint density at radius 3 is 2.72 bits per heavy atom. The molecule has 0 bridgehead atoms. The minimum atomic E-state index is 0.305. The monoisotopic (exact) mass is 299 g/mol. The molecule has 1 aromatic heterocycles. The summed E-state index contributed by atoms with van der Waals surface area (Å²) in [4.78, 5) is 1.31. The molecule has 0 aliphatic carbocycles. The first-order valence-corrected chi connectivity index (χ1v) is 7.45. The molecule has 2 aromatic rings. The zero-order valence-corrected chi connectivity index (χ0v) is 12.4. The quantitative estimate of drug-likeness (QED) is 0.824. The first-order valence-electron chi connectivity index (χ1n) is 5.88. The van der Waals surface area contributed by atoms with Gasteiger partial charge in [0.1, 0.15) is 0 Å². The van der Waals surface area contributed by atoms with Gasteiger partial charge in [0.05, 0.1) is 4.34 Å². The van der Waals surface area contributed by atoms with Crippen LogP contribution in [0.15, 0.2) is 36.4 Å². The number of hydrogen-bond donors (Lipinski definition) is 1. The van der Waals surface area contributed by atoms with Crippen LogP contribution in [0.4, 0.5) is 0 Å². The van der Waals surface area contributed by atoms with E-state index in [4.69, 9.17) is 23.2 Å². The van der Waals surface area contributed by atoms with Crippen molar-refractivity contribution in [2.75, 3.05) is 6.54 Å². The van der Waals surface area contributed by atoms with E-state index in [1.807, 2.05) is 24.3 Å². The minimum Gasteiger partial charge on any atom is -0.310 e. The van der Waals surface area contributed by atoms with Crippen LogP contribution >= 0.6 is 34.5 Å². The lowest BCUT2D eigenvalue weighted by atomic mass is 10.1. The van der Waals surface area contributed by atoms with Crippen LogP contribution in [-0.4, -0.2) is 6.54 Å². The maximum Gasteiger partial charge on any atom is 0.0931 e. The van der Waals surface area contributed by atoms with Crippen LogP contribution < -0.4 is 5.32 Å². The maximum absolute atomic E-state index is 5.98. The first-order chi connectivity index (χ1) is 8.65. The molecule has 4 heteroatoms. The van der Waals surface area contributed by atoms with E-state index in [-0.39, 0.29) is 0 Å². The minimum absolute atomic E-state index is 0.305. The molecule has 0 aliphatic rings. The molecule has 18 heavy (non-hydrogen) atoms. The highest BCUT2D eigenvalue weighted by Gasteiger charge is 2.05. The van der Waals surface area contributed by atoms with Crippen molar-refractivity contribution in [3.63, 3.8) is 0 Å². The van der Waals surface area contributed by atoms with Crippen LogP contribution in [0.2, 0.25) is 9.36 Å². The summed E-state index contributed by atoms with van der Waals surface area (Å²) in [5, 5.41) is 4.27. The van der Waals surface area contributed by atoms with Crippen LogP contribution in [0, 0.1) is 0 Å². The van der Waals surface area contributed by atoms with Gasteiger partial charge in [-0.1, -0.05) is 35.3 Å². The molecule has 96 valence electrons. The van der Waals surface area contributed by atoms with Gasteiger partial charge < -0.3 is 5.32 Å². The SMILES string of the molecule is CC(NCCc1ccc(Cl)s1)c1cccc(Cl)c1.